The molecular formula is C14H19N5O2S. The van der Waals surface area contributed by atoms with Gasteiger partial charge in [-0.25, -0.2) is 4.79 Å². The summed E-state index contributed by atoms with van der Waals surface area (Å²) in [7, 11) is 1.87. The summed E-state index contributed by atoms with van der Waals surface area (Å²) in [5, 5.41) is 15.0. The normalized spacial score (nSPS) is 18.4. The van der Waals surface area contributed by atoms with Crippen molar-refractivity contribution in [3.8, 4) is 0 Å². The van der Waals surface area contributed by atoms with Crippen molar-refractivity contribution in [1.82, 2.24) is 25.0 Å². The van der Waals surface area contributed by atoms with Crippen LogP contribution in [0.4, 0.5) is 4.79 Å². The molecule has 1 saturated heterocycles. The Bertz CT molecular complexity index is 613. The first kappa shape index (κ1) is 15.0. The van der Waals surface area contributed by atoms with E-state index < -0.39 is 0 Å². The Kier molecular flexibility index (Phi) is 4.69. The van der Waals surface area contributed by atoms with Crippen molar-refractivity contribution in [2.24, 2.45) is 7.05 Å². The van der Waals surface area contributed by atoms with Crippen molar-refractivity contribution in [3.05, 3.63) is 34.5 Å². The molecule has 1 atom stereocenters. The largest absolute Gasteiger partial charge is 0.366 e. The van der Waals surface area contributed by atoms with Gasteiger partial charge in [-0.2, -0.15) is 11.3 Å². The molecule has 0 aliphatic carbocycles. The number of hydrogen-bond donors (Lipinski definition) is 1. The summed E-state index contributed by atoms with van der Waals surface area (Å²) in [6.45, 7) is 2.24. The van der Waals surface area contributed by atoms with Crippen LogP contribution >= 0.6 is 11.3 Å². The minimum Gasteiger partial charge on any atom is -0.366 e. The third-order valence-corrected chi connectivity index (χ3v) is 4.39. The summed E-state index contributed by atoms with van der Waals surface area (Å²) >= 11 is 1.67. The maximum absolute atomic E-state index is 12.2. The van der Waals surface area contributed by atoms with E-state index in [1.807, 2.05) is 17.0 Å². The average Bonchev–Trinajstić information content (AvgIpc) is 3.19. The predicted octanol–water partition coefficient (Wildman–Crippen LogP) is 1.20. The van der Waals surface area contributed by atoms with Gasteiger partial charge in [-0.05, 0) is 28.8 Å². The third-order valence-electron chi connectivity index (χ3n) is 3.66. The van der Waals surface area contributed by atoms with Crippen LogP contribution in [-0.2, 0) is 18.2 Å². The second-order valence-corrected chi connectivity index (χ2v) is 6.00. The molecule has 3 rings (SSSR count). The Morgan fingerprint density at radius 2 is 2.50 bits per heavy atom. The van der Waals surface area contributed by atoms with Gasteiger partial charge in [0.15, 0.2) is 5.82 Å². The number of aromatic nitrogens is 3. The second kappa shape index (κ2) is 6.89. The van der Waals surface area contributed by atoms with Gasteiger partial charge in [0.05, 0.1) is 13.2 Å². The van der Waals surface area contributed by atoms with Gasteiger partial charge in [-0.15, -0.1) is 10.2 Å². The number of nitrogens with zero attached hydrogens (tertiary/aromatic N) is 4. The van der Waals surface area contributed by atoms with E-state index in [2.05, 4.69) is 27.0 Å². The van der Waals surface area contributed by atoms with Crippen LogP contribution in [0.1, 0.15) is 17.5 Å². The Labute approximate surface area is 132 Å². The first-order valence-corrected chi connectivity index (χ1v) is 8.17. The highest BCUT2D eigenvalue weighted by Gasteiger charge is 2.28. The molecule has 0 aromatic carbocycles. The average molecular weight is 321 g/mol. The number of thiophene rings is 1. The van der Waals surface area contributed by atoms with E-state index in [0.29, 0.717) is 26.2 Å². The minimum atomic E-state index is -0.219. The molecule has 0 bridgehead atoms. The molecule has 2 aromatic heterocycles. The second-order valence-electron chi connectivity index (χ2n) is 5.22. The van der Waals surface area contributed by atoms with Crippen molar-refractivity contribution in [2.45, 2.75) is 12.5 Å². The van der Waals surface area contributed by atoms with Gasteiger partial charge in [0.1, 0.15) is 12.4 Å². The number of carbonyl (C=O) groups excluding carboxylic acids is 1. The molecule has 2 aromatic rings. The topological polar surface area (TPSA) is 72.3 Å². The zero-order chi connectivity index (χ0) is 15.4. The Balaban J connectivity index is 1.51. The quantitative estimate of drug-likeness (QED) is 0.918. The Hall–Kier alpha value is -1.93. The zero-order valence-corrected chi connectivity index (χ0v) is 13.3. The molecule has 2 amide bonds. The van der Waals surface area contributed by atoms with E-state index in [4.69, 9.17) is 4.74 Å². The summed E-state index contributed by atoms with van der Waals surface area (Å²) in [6, 6.07) is 2.03. The van der Waals surface area contributed by atoms with Crippen molar-refractivity contribution >= 4 is 17.4 Å². The lowest BCUT2D eigenvalue weighted by molar-refractivity contribution is -0.0214. The highest BCUT2D eigenvalue weighted by Crippen LogP contribution is 2.19. The smallest absolute Gasteiger partial charge is 0.317 e. The van der Waals surface area contributed by atoms with Crippen LogP contribution in [-0.4, -0.2) is 51.9 Å². The SMILES string of the molecule is Cn1cnnc1[C@@H]1CN(C(=O)NCCc2ccsc2)CCO1. The van der Waals surface area contributed by atoms with Crippen LogP contribution < -0.4 is 5.32 Å². The monoisotopic (exact) mass is 321 g/mol. The van der Waals surface area contributed by atoms with Crippen molar-refractivity contribution in [1.29, 1.82) is 0 Å². The molecule has 1 N–H and O–H groups in total. The molecule has 0 unspecified atom stereocenters. The van der Waals surface area contributed by atoms with Crippen LogP contribution in [0.3, 0.4) is 0 Å². The first-order valence-electron chi connectivity index (χ1n) is 7.23. The molecule has 3 heterocycles. The fourth-order valence-electron chi connectivity index (χ4n) is 2.43. The number of rotatable bonds is 4. The van der Waals surface area contributed by atoms with E-state index in [0.717, 1.165) is 12.2 Å². The number of urea groups is 1. The summed E-state index contributed by atoms with van der Waals surface area (Å²) in [5.41, 5.74) is 1.25. The highest BCUT2D eigenvalue weighted by atomic mass is 32.1. The molecule has 1 fully saturated rings. The number of hydrogen-bond acceptors (Lipinski definition) is 5. The third kappa shape index (κ3) is 3.45. The van der Waals surface area contributed by atoms with Gasteiger partial charge in [0.25, 0.3) is 0 Å². The zero-order valence-electron chi connectivity index (χ0n) is 12.4. The van der Waals surface area contributed by atoms with Crippen molar-refractivity contribution in [2.75, 3.05) is 26.2 Å². The number of amides is 2. The summed E-state index contributed by atoms with van der Waals surface area (Å²) in [4.78, 5) is 14.0. The maximum atomic E-state index is 12.2. The van der Waals surface area contributed by atoms with Crippen LogP contribution in [0, 0.1) is 0 Å². The van der Waals surface area contributed by atoms with Crippen LogP contribution in [0.25, 0.3) is 0 Å². The van der Waals surface area contributed by atoms with E-state index in [1.54, 1.807) is 22.6 Å². The lowest BCUT2D eigenvalue weighted by Crippen LogP contribution is -2.47. The number of ether oxygens (including phenoxy) is 1. The lowest BCUT2D eigenvalue weighted by atomic mass is 10.2. The summed E-state index contributed by atoms with van der Waals surface area (Å²) < 4.78 is 7.53. The van der Waals surface area contributed by atoms with Gasteiger partial charge in [0, 0.05) is 20.1 Å². The summed E-state index contributed by atoms with van der Waals surface area (Å²) in [5.74, 6) is 0.746. The lowest BCUT2D eigenvalue weighted by Gasteiger charge is -2.32. The number of morpholine rings is 1. The van der Waals surface area contributed by atoms with Gasteiger partial charge >= 0.3 is 6.03 Å². The molecule has 0 saturated carbocycles. The van der Waals surface area contributed by atoms with E-state index in [9.17, 15) is 4.79 Å². The van der Waals surface area contributed by atoms with Crippen LogP contribution in [0.15, 0.2) is 23.2 Å². The fraction of sp³-hybridized carbons (Fsp3) is 0.500. The van der Waals surface area contributed by atoms with Crippen LogP contribution in [0.5, 0.6) is 0 Å². The molecule has 0 spiro atoms. The number of nitrogens with one attached hydrogen (secondary N) is 1. The number of carbonyl (C=O) groups is 1. The molecular weight excluding hydrogens is 302 g/mol. The fourth-order valence-corrected chi connectivity index (χ4v) is 3.14. The molecule has 7 nitrogen and oxygen atoms in total. The van der Waals surface area contributed by atoms with Crippen molar-refractivity contribution in [3.63, 3.8) is 0 Å². The Morgan fingerprint density at radius 1 is 1.59 bits per heavy atom. The molecule has 22 heavy (non-hydrogen) atoms. The molecule has 1 aliphatic heterocycles. The molecule has 0 radical (unpaired) electrons. The summed E-state index contributed by atoms with van der Waals surface area (Å²) in [6.07, 6.45) is 2.27. The maximum Gasteiger partial charge on any atom is 0.317 e. The predicted molar refractivity (Wildman–Crippen MR) is 82.7 cm³/mol. The number of aryl methyl sites for hydroxylation is 1. The van der Waals surface area contributed by atoms with Crippen LogP contribution in [0.2, 0.25) is 0 Å². The van der Waals surface area contributed by atoms with E-state index in [1.165, 1.54) is 5.56 Å². The standard InChI is InChI=1S/C14H19N5O2S/c1-18-10-16-17-13(18)12-8-19(5-6-21-12)14(20)15-4-2-11-3-7-22-9-11/h3,7,9-10,12H,2,4-6,8H2,1H3,(H,15,20)/t12-/m0/s1. The van der Waals surface area contributed by atoms with Gasteiger partial charge in [-0.3, -0.25) is 0 Å². The molecule has 118 valence electrons. The Morgan fingerprint density at radius 3 is 3.23 bits per heavy atom. The highest BCUT2D eigenvalue weighted by molar-refractivity contribution is 7.07. The van der Waals surface area contributed by atoms with E-state index in [-0.39, 0.29) is 12.1 Å². The van der Waals surface area contributed by atoms with E-state index >= 15 is 0 Å². The molecule has 1 aliphatic rings. The first-order chi connectivity index (χ1) is 10.7. The van der Waals surface area contributed by atoms with Gasteiger partial charge in [-0.1, -0.05) is 0 Å². The minimum absolute atomic E-state index is 0.0503. The van der Waals surface area contributed by atoms with Crippen molar-refractivity contribution < 1.29 is 9.53 Å². The van der Waals surface area contributed by atoms with Gasteiger partial charge < -0.3 is 19.5 Å². The van der Waals surface area contributed by atoms with Gasteiger partial charge in [0.2, 0.25) is 0 Å². The molecule has 8 heteroatoms.